The van der Waals surface area contributed by atoms with E-state index in [4.69, 9.17) is 13.8 Å². The summed E-state index contributed by atoms with van der Waals surface area (Å²) in [7, 11) is -4.18. The van der Waals surface area contributed by atoms with Gasteiger partial charge in [0.2, 0.25) is 0 Å². The molecule has 8 heteroatoms. The Kier molecular flexibility index (Phi) is 20.9. The standard InChI is InChI=1S/C19H40O6S.Na/c1-6-10-12-18(8-3)15-22-14-17(5)24-26(20,21)25-23-16-19(9-4)13-11-7-2;/h17-19H,6-16H2,1-5H3;/q;+1. The smallest absolute Gasteiger partial charge is 0.378 e. The summed E-state index contributed by atoms with van der Waals surface area (Å²) in [6, 6.07) is 0. The molecule has 27 heavy (non-hydrogen) atoms. The average molecular weight is 420 g/mol. The molecule has 0 aliphatic heterocycles. The molecule has 0 aromatic rings. The summed E-state index contributed by atoms with van der Waals surface area (Å²) in [6.07, 6.45) is 8.05. The van der Waals surface area contributed by atoms with Crippen LogP contribution in [0.1, 0.15) is 86.0 Å². The van der Waals surface area contributed by atoms with E-state index >= 15 is 0 Å². The zero-order valence-electron chi connectivity index (χ0n) is 18.4. The Morgan fingerprint density at radius 1 is 0.815 bits per heavy atom. The predicted octanol–water partition coefficient (Wildman–Crippen LogP) is 2.04. The van der Waals surface area contributed by atoms with Crippen LogP contribution in [0.5, 0.6) is 0 Å². The van der Waals surface area contributed by atoms with E-state index in [1.54, 1.807) is 6.92 Å². The van der Waals surface area contributed by atoms with Gasteiger partial charge in [0.1, 0.15) is 0 Å². The summed E-state index contributed by atoms with van der Waals surface area (Å²) in [4.78, 5) is 4.90. The SMILES string of the molecule is CCCCC(CC)COCC(C)OS(=O)(=O)OOCC(CC)CCCC.[Na+]. The summed E-state index contributed by atoms with van der Waals surface area (Å²) in [5, 5.41) is 0. The van der Waals surface area contributed by atoms with Crippen molar-refractivity contribution in [2.75, 3.05) is 19.8 Å². The first-order chi connectivity index (χ1) is 12.4. The summed E-state index contributed by atoms with van der Waals surface area (Å²) in [5.41, 5.74) is 0. The van der Waals surface area contributed by atoms with E-state index in [2.05, 4.69) is 32.0 Å². The van der Waals surface area contributed by atoms with Crippen LogP contribution in [0.4, 0.5) is 0 Å². The molecule has 0 aromatic heterocycles. The van der Waals surface area contributed by atoms with E-state index in [1.165, 1.54) is 12.8 Å². The molecule has 0 fully saturated rings. The molecule has 0 bridgehead atoms. The average Bonchev–Trinajstić information content (AvgIpc) is 2.60. The Morgan fingerprint density at radius 2 is 1.33 bits per heavy atom. The van der Waals surface area contributed by atoms with Crippen LogP contribution in [0.2, 0.25) is 0 Å². The van der Waals surface area contributed by atoms with Crippen molar-refractivity contribution >= 4 is 10.4 Å². The molecule has 0 radical (unpaired) electrons. The molecule has 0 saturated heterocycles. The molecule has 0 aromatic carbocycles. The molecular weight excluding hydrogens is 379 g/mol. The number of unbranched alkanes of at least 4 members (excludes halogenated alkanes) is 2. The molecule has 158 valence electrons. The van der Waals surface area contributed by atoms with Crippen molar-refractivity contribution in [3.8, 4) is 0 Å². The molecular formula is C19H40NaO6S+. The van der Waals surface area contributed by atoms with Crippen molar-refractivity contribution in [1.29, 1.82) is 0 Å². The molecule has 0 amide bonds. The van der Waals surface area contributed by atoms with Crippen LogP contribution in [-0.4, -0.2) is 34.3 Å². The van der Waals surface area contributed by atoms with Gasteiger partial charge in [-0.25, -0.2) is 9.07 Å². The van der Waals surface area contributed by atoms with Gasteiger partial charge in [0.05, 0.1) is 19.3 Å². The number of ether oxygens (including phenoxy) is 1. The van der Waals surface area contributed by atoms with Crippen LogP contribution >= 0.6 is 0 Å². The fourth-order valence-electron chi connectivity index (χ4n) is 2.62. The Bertz CT molecular complexity index is 418. The molecule has 3 unspecified atom stereocenters. The maximum absolute atomic E-state index is 11.8. The molecule has 0 rings (SSSR count). The van der Waals surface area contributed by atoms with E-state index in [9.17, 15) is 8.42 Å². The van der Waals surface area contributed by atoms with Crippen molar-refractivity contribution in [2.24, 2.45) is 11.8 Å². The van der Waals surface area contributed by atoms with Crippen molar-refractivity contribution in [2.45, 2.75) is 92.1 Å². The fourth-order valence-corrected chi connectivity index (χ4v) is 3.29. The van der Waals surface area contributed by atoms with E-state index in [0.29, 0.717) is 18.4 Å². The van der Waals surface area contributed by atoms with Gasteiger partial charge in [-0.1, -0.05) is 70.6 Å². The Balaban J connectivity index is 0. The predicted molar refractivity (Wildman–Crippen MR) is 104 cm³/mol. The van der Waals surface area contributed by atoms with Crippen LogP contribution in [0.3, 0.4) is 0 Å². The quantitative estimate of drug-likeness (QED) is 0.192. The van der Waals surface area contributed by atoms with E-state index in [-0.39, 0.29) is 42.8 Å². The first-order valence-corrected chi connectivity index (χ1v) is 11.5. The topological polar surface area (TPSA) is 71.1 Å². The zero-order valence-corrected chi connectivity index (χ0v) is 21.2. The maximum atomic E-state index is 11.8. The van der Waals surface area contributed by atoms with Crippen LogP contribution in [0, 0.1) is 11.8 Å². The number of hydrogen-bond acceptors (Lipinski definition) is 6. The van der Waals surface area contributed by atoms with Gasteiger partial charge in [0, 0.05) is 6.61 Å². The van der Waals surface area contributed by atoms with Gasteiger partial charge in [0.15, 0.2) is 0 Å². The molecule has 0 N–H and O–H groups in total. The van der Waals surface area contributed by atoms with Crippen molar-refractivity contribution < 1.29 is 56.1 Å². The van der Waals surface area contributed by atoms with Gasteiger partial charge >= 0.3 is 40.0 Å². The third-order valence-electron chi connectivity index (χ3n) is 4.51. The largest absolute Gasteiger partial charge is 1.00 e. The van der Waals surface area contributed by atoms with E-state index in [1.807, 2.05) is 0 Å². The normalized spacial score (nSPS) is 15.1. The van der Waals surface area contributed by atoms with Crippen LogP contribution in [0.15, 0.2) is 0 Å². The summed E-state index contributed by atoms with van der Waals surface area (Å²) in [5.74, 6) is 0.799. The summed E-state index contributed by atoms with van der Waals surface area (Å²) >= 11 is 0. The molecule has 3 atom stereocenters. The fraction of sp³-hybridized carbons (Fsp3) is 1.00. The molecule has 6 nitrogen and oxygen atoms in total. The zero-order chi connectivity index (χ0) is 19.8. The van der Waals surface area contributed by atoms with E-state index < -0.39 is 16.5 Å². The van der Waals surface area contributed by atoms with E-state index in [0.717, 1.165) is 38.5 Å². The van der Waals surface area contributed by atoms with Crippen LogP contribution < -0.4 is 29.6 Å². The van der Waals surface area contributed by atoms with Crippen molar-refractivity contribution in [3.63, 3.8) is 0 Å². The number of hydrogen-bond donors (Lipinski definition) is 0. The summed E-state index contributed by atoms with van der Waals surface area (Å²) < 4.78 is 38.6. The second-order valence-corrected chi connectivity index (χ2v) is 8.18. The third kappa shape index (κ3) is 17.4. The van der Waals surface area contributed by atoms with Crippen molar-refractivity contribution in [1.82, 2.24) is 0 Å². The minimum absolute atomic E-state index is 0. The van der Waals surface area contributed by atoms with Gasteiger partial charge in [-0.2, -0.15) is 8.42 Å². The molecule has 0 saturated carbocycles. The van der Waals surface area contributed by atoms with Gasteiger partial charge in [-0.15, -0.1) is 0 Å². The Hall–Kier alpha value is 0.790. The van der Waals surface area contributed by atoms with Gasteiger partial charge in [-0.05, 0) is 31.6 Å². The van der Waals surface area contributed by atoms with Crippen LogP contribution in [0.25, 0.3) is 0 Å². The molecule has 0 aliphatic carbocycles. The first-order valence-electron chi connectivity index (χ1n) is 10.2. The molecule has 0 heterocycles. The number of rotatable bonds is 18. The Labute approximate surface area is 189 Å². The van der Waals surface area contributed by atoms with Crippen LogP contribution in [-0.2, 0) is 28.5 Å². The minimum Gasteiger partial charge on any atom is -0.378 e. The van der Waals surface area contributed by atoms with Crippen molar-refractivity contribution in [3.05, 3.63) is 0 Å². The first kappa shape index (κ1) is 30.0. The van der Waals surface area contributed by atoms with Gasteiger partial charge in [0.25, 0.3) is 0 Å². The van der Waals surface area contributed by atoms with Gasteiger partial charge < -0.3 is 4.74 Å². The summed E-state index contributed by atoms with van der Waals surface area (Å²) in [6.45, 7) is 11.2. The van der Waals surface area contributed by atoms with Gasteiger partial charge in [-0.3, -0.25) is 0 Å². The molecule has 0 spiro atoms. The second-order valence-electron chi connectivity index (χ2n) is 7.04. The monoisotopic (exact) mass is 419 g/mol. The second kappa shape index (κ2) is 18.8. The maximum Gasteiger partial charge on any atom is 1.00 e. The minimum atomic E-state index is -4.18. The molecule has 0 aliphatic rings. The Morgan fingerprint density at radius 3 is 1.81 bits per heavy atom. The third-order valence-corrected chi connectivity index (χ3v) is 5.34.